The zero-order chi connectivity index (χ0) is 16.3. The number of benzene rings is 2. The van der Waals surface area contributed by atoms with Gasteiger partial charge < -0.3 is 9.94 Å². The van der Waals surface area contributed by atoms with Crippen LogP contribution in [0.4, 0.5) is 0 Å². The molecule has 0 aliphatic carbocycles. The van der Waals surface area contributed by atoms with E-state index in [1.165, 1.54) is 5.56 Å². The molecule has 1 heterocycles. The van der Waals surface area contributed by atoms with Crippen molar-refractivity contribution in [2.75, 3.05) is 6.54 Å². The first-order valence-corrected chi connectivity index (χ1v) is 8.14. The Morgan fingerprint density at radius 3 is 2.70 bits per heavy atom. The number of hydrogen-bond acceptors (Lipinski definition) is 2. The Hall–Kier alpha value is -2.29. The lowest BCUT2D eigenvalue weighted by atomic mass is 9.69. The molecule has 0 amide bonds. The monoisotopic (exact) mass is 309 g/mol. The second-order valence-electron chi connectivity index (χ2n) is 6.55. The lowest BCUT2D eigenvalue weighted by molar-refractivity contribution is -0.464. The number of nitrogens with zero attached hydrogens (tertiary/aromatic N) is 1. The van der Waals surface area contributed by atoms with Gasteiger partial charge in [0.2, 0.25) is 0 Å². The molecule has 3 rings (SSSR count). The van der Waals surface area contributed by atoms with Crippen molar-refractivity contribution in [3.8, 4) is 5.75 Å². The second-order valence-corrected chi connectivity index (χ2v) is 6.55. The van der Waals surface area contributed by atoms with Crippen LogP contribution in [0.1, 0.15) is 31.4 Å². The summed E-state index contributed by atoms with van der Waals surface area (Å²) >= 11 is 0. The molecule has 0 fully saturated rings. The summed E-state index contributed by atoms with van der Waals surface area (Å²) in [7, 11) is 0. The standard InChI is InChI=1S/C20H23NO2/c1-16-14-21(22)12-11-20(16,2)18-9-6-10-19(13-18)23-15-17-7-4-3-5-8-17/h3-10,13-14,16H,11-12,15H2,1-2H3/t16-,20+/m0/s1. The van der Waals surface area contributed by atoms with Crippen molar-refractivity contribution in [3.63, 3.8) is 0 Å². The molecule has 2 aromatic carbocycles. The van der Waals surface area contributed by atoms with Crippen molar-refractivity contribution in [2.45, 2.75) is 32.3 Å². The van der Waals surface area contributed by atoms with Gasteiger partial charge in [-0.1, -0.05) is 56.3 Å². The van der Waals surface area contributed by atoms with Gasteiger partial charge in [-0.15, -0.1) is 0 Å². The smallest absolute Gasteiger partial charge is 0.154 e. The van der Waals surface area contributed by atoms with Crippen LogP contribution in [-0.2, 0) is 12.0 Å². The molecule has 0 radical (unpaired) electrons. The van der Waals surface area contributed by atoms with Crippen molar-refractivity contribution in [3.05, 3.63) is 70.9 Å². The molecule has 1 aliphatic rings. The van der Waals surface area contributed by atoms with Crippen LogP contribution >= 0.6 is 0 Å². The van der Waals surface area contributed by atoms with Crippen molar-refractivity contribution in [2.24, 2.45) is 5.92 Å². The zero-order valence-electron chi connectivity index (χ0n) is 13.7. The largest absolute Gasteiger partial charge is 0.624 e. The fourth-order valence-corrected chi connectivity index (χ4v) is 3.15. The molecule has 0 saturated heterocycles. The fraction of sp³-hybridized carbons (Fsp3) is 0.350. The minimum absolute atomic E-state index is 0.0208. The lowest BCUT2D eigenvalue weighted by Gasteiger charge is -2.36. The Labute approximate surface area is 137 Å². The molecule has 1 aliphatic heterocycles. The first-order valence-electron chi connectivity index (χ1n) is 8.14. The molecular formula is C20H23NO2. The highest BCUT2D eigenvalue weighted by Gasteiger charge is 2.37. The Morgan fingerprint density at radius 2 is 1.96 bits per heavy atom. The predicted octanol–water partition coefficient (Wildman–Crippen LogP) is 4.14. The summed E-state index contributed by atoms with van der Waals surface area (Å²) in [5, 5.41) is 11.6. The third-order valence-corrected chi connectivity index (χ3v) is 4.99. The SMILES string of the molecule is C[C@H]1C=[N+]([O-])CC[C@@]1(C)c1cccc(OCc2ccccc2)c1. The van der Waals surface area contributed by atoms with Crippen molar-refractivity contribution >= 4 is 6.21 Å². The minimum Gasteiger partial charge on any atom is -0.624 e. The van der Waals surface area contributed by atoms with E-state index in [4.69, 9.17) is 4.74 Å². The summed E-state index contributed by atoms with van der Waals surface area (Å²) in [6.07, 6.45) is 2.65. The molecule has 0 aromatic heterocycles. The quantitative estimate of drug-likeness (QED) is 0.628. The van der Waals surface area contributed by atoms with Crippen LogP contribution in [0.3, 0.4) is 0 Å². The molecule has 0 spiro atoms. The molecule has 23 heavy (non-hydrogen) atoms. The van der Waals surface area contributed by atoms with Crippen molar-refractivity contribution < 1.29 is 9.48 Å². The Balaban J connectivity index is 1.77. The maximum atomic E-state index is 11.6. The lowest BCUT2D eigenvalue weighted by Crippen LogP contribution is -2.39. The van der Waals surface area contributed by atoms with Gasteiger partial charge in [0.25, 0.3) is 0 Å². The summed E-state index contributed by atoms with van der Waals surface area (Å²) in [6.45, 7) is 5.46. The van der Waals surface area contributed by atoms with Gasteiger partial charge >= 0.3 is 0 Å². The highest BCUT2D eigenvalue weighted by Crippen LogP contribution is 2.38. The summed E-state index contributed by atoms with van der Waals surface area (Å²) in [5.74, 6) is 1.09. The number of hydroxylamine groups is 1. The molecule has 2 aromatic rings. The van der Waals surface area contributed by atoms with E-state index in [1.54, 1.807) is 6.21 Å². The number of rotatable bonds is 4. The Bertz CT molecular complexity index is 696. The highest BCUT2D eigenvalue weighted by atomic mass is 16.5. The van der Waals surface area contributed by atoms with Crippen LogP contribution in [0.25, 0.3) is 0 Å². The average molecular weight is 309 g/mol. The average Bonchev–Trinajstić information content (AvgIpc) is 2.58. The van der Waals surface area contributed by atoms with E-state index in [0.717, 1.165) is 22.5 Å². The van der Waals surface area contributed by atoms with Gasteiger partial charge in [-0.25, -0.2) is 4.74 Å². The molecule has 3 heteroatoms. The molecule has 0 bridgehead atoms. The van der Waals surface area contributed by atoms with E-state index in [-0.39, 0.29) is 11.3 Å². The fourth-order valence-electron chi connectivity index (χ4n) is 3.15. The number of ether oxygens (including phenoxy) is 1. The first kappa shape index (κ1) is 15.6. The van der Waals surface area contributed by atoms with Crippen LogP contribution in [-0.4, -0.2) is 17.5 Å². The molecule has 120 valence electrons. The van der Waals surface area contributed by atoms with Gasteiger partial charge in [-0.2, -0.15) is 0 Å². The third-order valence-electron chi connectivity index (χ3n) is 4.99. The maximum Gasteiger partial charge on any atom is 0.154 e. The summed E-state index contributed by atoms with van der Waals surface area (Å²) < 4.78 is 7.00. The molecule has 0 saturated carbocycles. The van der Waals surface area contributed by atoms with Crippen LogP contribution in [0.5, 0.6) is 5.75 Å². The Kier molecular flexibility index (Phi) is 4.37. The third kappa shape index (κ3) is 3.39. The van der Waals surface area contributed by atoms with Crippen LogP contribution in [0, 0.1) is 11.1 Å². The van der Waals surface area contributed by atoms with E-state index >= 15 is 0 Å². The summed E-state index contributed by atoms with van der Waals surface area (Å²) in [4.78, 5) is 0. The van der Waals surface area contributed by atoms with Crippen LogP contribution in [0.15, 0.2) is 54.6 Å². The van der Waals surface area contributed by atoms with Crippen LogP contribution < -0.4 is 4.74 Å². The predicted molar refractivity (Wildman–Crippen MR) is 92.9 cm³/mol. The first-order chi connectivity index (χ1) is 11.1. The van der Waals surface area contributed by atoms with Gasteiger partial charge in [-0.3, -0.25) is 0 Å². The Morgan fingerprint density at radius 1 is 1.17 bits per heavy atom. The zero-order valence-corrected chi connectivity index (χ0v) is 13.7. The van der Waals surface area contributed by atoms with Gasteiger partial charge in [0.05, 0.1) is 0 Å². The van der Waals surface area contributed by atoms with Crippen molar-refractivity contribution in [1.82, 2.24) is 0 Å². The molecule has 0 N–H and O–H groups in total. The molecular weight excluding hydrogens is 286 g/mol. The van der Waals surface area contributed by atoms with E-state index in [1.807, 2.05) is 30.3 Å². The maximum absolute atomic E-state index is 11.6. The molecule has 0 unspecified atom stereocenters. The molecule has 3 nitrogen and oxygen atoms in total. The van der Waals surface area contributed by atoms with Gasteiger partial charge in [-0.05, 0) is 23.3 Å². The van der Waals surface area contributed by atoms with Gasteiger partial charge in [0.15, 0.2) is 12.8 Å². The van der Waals surface area contributed by atoms with E-state index in [0.29, 0.717) is 13.2 Å². The van der Waals surface area contributed by atoms with Gasteiger partial charge in [0.1, 0.15) is 12.4 Å². The highest BCUT2D eigenvalue weighted by molar-refractivity contribution is 5.59. The normalized spacial score (nSPS) is 24.1. The number of hydrogen-bond donors (Lipinski definition) is 0. The topological polar surface area (TPSA) is 35.3 Å². The minimum atomic E-state index is -0.0208. The van der Waals surface area contributed by atoms with Gasteiger partial charge in [0, 0.05) is 17.8 Å². The summed E-state index contributed by atoms with van der Waals surface area (Å²) in [6, 6.07) is 18.5. The van der Waals surface area contributed by atoms with Crippen LogP contribution in [0.2, 0.25) is 0 Å². The second kappa shape index (κ2) is 6.45. The van der Waals surface area contributed by atoms with Crippen molar-refractivity contribution in [1.29, 1.82) is 0 Å². The van der Waals surface area contributed by atoms with E-state index < -0.39 is 0 Å². The molecule has 2 atom stereocenters. The van der Waals surface area contributed by atoms with E-state index in [9.17, 15) is 5.21 Å². The van der Waals surface area contributed by atoms with E-state index in [2.05, 4.69) is 38.1 Å². The summed E-state index contributed by atoms with van der Waals surface area (Å²) in [5.41, 5.74) is 2.37.